The number of aromatic nitrogens is 1. The summed E-state index contributed by atoms with van der Waals surface area (Å²) < 4.78 is 0. The van der Waals surface area contributed by atoms with Gasteiger partial charge in [-0.05, 0) is 61.2 Å². The zero-order chi connectivity index (χ0) is 22.5. The molecule has 3 atom stereocenters. The van der Waals surface area contributed by atoms with Gasteiger partial charge in [-0.3, -0.25) is 4.79 Å². The van der Waals surface area contributed by atoms with E-state index in [2.05, 4.69) is 51.3 Å². The number of rotatable bonds is 8. The predicted octanol–water partition coefficient (Wildman–Crippen LogP) is 4.36. The highest BCUT2D eigenvalue weighted by Gasteiger charge is 2.27. The molecule has 6 nitrogen and oxygen atoms in total. The lowest BCUT2D eigenvalue weighted by Crippen LogP contribution is -2.44. The maximum Gasteiger partial charge on any atom is 0.310 e. The number of pyridine rings is 1. The number of hydrogen-bond donors (Lipinski definition) is 4. The Morgan fingerprint density at radius 3 is 2.75 bits per heavy atom. The topological polar surface area (TPSA) is 86.3 Å². The van der Waals surface area contributed by atoms with Crippen molar-refractivity contribution in [2.75, 3.05) is 23.7 Å². The molecule has 0 aliphatic carbocycles. The molecule has 166 valence electrons. The van der Waals surface area contributed by atoms with Crippen LogP contribution in [0.4, 0.5) is 11.5 Å². The third-order valence-electron chi connectivity index (χ3n) is 6.29. The van der Waals surface area contributed by atoms with Gasteiger partial charge in [0.1, 0.15) is 5.82 Å². The molecule has 4 N–H and O–H groups in total. The molecule has 0 saturated carbocycles. The molecule has 3 aromatic rings. The molecule has 0 unspecified atom stereocenters. The maximum absolute atomic E-state index is 11.5. The Kier molecular flexibility index (Phi) is 6.71. The monoisotopic (exact) mass is 430 g/mol. The molecule has 2 heterocycles. The van der Waals surface area contributed by atoms with Gasteiger partial charge < -0.3 is 21.1 Å². The summed E-state index contributed by atoms with van der Waals surface area (Å²) in [5.74, 6) is -0.431. The average Bonchev–Trinajstić information content (AvgIpc) is 2.82. The van der Waals surface area contributed by atoms with E-state index in [1.54, 1.807) is 13.1 Å². The second-order valence-corrected chi connectivity index (χ2v) is 8.32. The van der Waals surface area contributed by atoms with Crippen LogP contribution in [0, 0.1) is 6.92 Å². The number of nitrogens with one attached hydrogen (secondary N) is 3. The quantitative estimate of drug-likeness (QED) is 0.425. The van der Waals surface area contributed by atoms with Crippen LogP contribution < -0.4 is 16.0 Å². The highest BCUT2D eigenvalue weighted by Crippen LogP contribution is 2.28. The van der Waals surface area contributed by atoms with Gasteiger partial charge in [0, 0.05) is 12.7 Å². The van der Waals surface area contributed by atoms with E-state index in [0.717, 1.165) is 42.1 Å². The Morgan fingerprint density at radius 2 is 1.97 bits per heavy atom. The molecule has 0 amide bonds. The van der Waals surface area contributed by atoms with Gasteiger partial charge in [0.25, 0.3) is 0 Å². The van der Waals surface area contributed by atoms with E-state index < -0.39 is 11.9 Å². The van der Waals surface area contributed by atoms with Gasteiger partial charge in [0.2, 0.25) is 0 Å². The lowest BCUT2D eigenvalue weighted by atomic mass is 9.92. The van der Waals surface area contributed by atoms with Crippen LogP contribution in [0.2, 0.25) is 0 Å². The van der Waals surface area contributed by atoms with Crippen molar-refractivity contribution in [1.82, 2.24) is 10.3 Å². The van der Waals surface area contributed by atoms with Crippen LogP contribution in [0.5, 0.6) is 0 Å². The first kappa shape index (κ1) is 21.8. The van der Waals surface area contributed by atoms with E-state index in [1.807, 2.05) is 37.3 Å². The Balaban J connectivity index is 1.49. The normalized spacial score (nSPS) is 16.9. The van der Waals surface area contributed by atoms with Crippen LogP contribution >= 0.6 is 0 Å². The van der Waals surface area contributed by atoms with Crippen LogP contribution in [-0.4, -0.2) is 35.2 Å². The van der Waals surface area contributed by atoms with Gasteiger partial charge in [0.05, 0.1) is 23.7 Å². The first-order valence-corrected chi connectivity index (χ1v) is 11.1. The minimum Gasteiger partial charge on any atom is -0.481 e. The van der Waals surface area contributed by atoms with Crippen molar-refractivity contribution in [3.8, 4) is 0 Å². The van der Waals surface area contributed by atoms with Gasteiger partial charge in [-0.1, -0.05) is 48.5 Å². The van der Waals surface area contributed by atoms with Crippen molar-refractivity contribution in [2.45, 2.75) is 38.3 Å². The van der Waals surface area contributed by atoms with Gasteiger partial charge in [-0.2, -0.15) is 0 Å². The number of hydrogen-bond acceptors (Lipinski definition) is 5. The molecule has 0 spiro atoms. The lowest BCUT2D eigenvalue weighted by molar-refractivity contribution is -0.138. The fourth-order valence-electron chi connectivity index (χ4n) is 4.40. The van der Waals surface area contributed by atoms with Gasteiger partial charge >= 0.3 is 5.97 Å². The van der Waals surface area contributed by atoms with E-state index in [9.17, 15) is 9.90 Å². The summed E-state index contributed by atoms with van der Waals surface area (Å²) in [6.07, 6.45) is 2.62. The summed E-state index contributed by atoms with van der Waals surface area (Å²) in [6.45, 7) is 5.33. The zero-order valence-electron chi connectivity index (χ0n) is 18.5. The number of carboxylic acids is 1. The molecule has 32 heavy (non-hydrogen) atoms. The number of fused-ring (bicyclic) bond motifs is 1. The number of carbonyl (C=O) groups is 1. The summed E-state index contributed by atoms with van der Waals surface area (Å²) in [5.41, 5.74) is 5.37. The standard InChI is InChI=1S/C26H30N4O2/c1-17-19(10-6-11-21(17)18(2)26(31)32)13-15-27-24(20-8-4-3-5-9-20)23-16-29-22-12-7-14-28-25(22)30-23/h3-12,14,18,23-24,27,29H,13,15-16H2,1-2H3,(H,28,30)(H,31,32)/t18-,23-,24-/m1/s1. The fraction of sp³-hybridized carbons (Fsp3) is 0.308. The number of nitrogens with zero attached hydrogens (tertiary/aromatic N) is 1. The molecular formula is C26H30N4O2. The second kappa shape index (κ2) is 9.83. The summed E-state index contributed by atoms with van der Waals surface area (Å²) in [6, 6.07) is 20.6. The zero-order valence-corrected chi connectivity index (χ0v) is 18.5. The lowest BCUT2D eigenvalue weighted by Gasteiger charge is -2.34. The van der Waals surface area contributed by atoms with Crippen LogP contribution in [0.15, 0.2) is 66.9 Å². The molecule has 1 aliphatic rings. The summed E-state index contributed by atoms with van der Waals surface area (Å²) in [7, 11) is 0. The molecular weight excluding hydrogens is 400 g/mol. The Labute approximate surface area is 189 Å². The second-order valence-electron chi connectivity index (χ2n) is 8.32. The Morgan fingerprint density at radius 1 is 1.16 bits per heavy atom. The van der Waals surface area contributed by atoms with E-state index >= 15 is 0 Å². The van der Waals surface area contributed by atoms with Crippen LogP contribution in [0.1, 0.15) is 41.1 Å². The van der Waals surface area contributed by atoms with Gasteiger partial charge in [0.15, 0.2) is 0 Å². The third kappa shape index (κ3) is 4.75. The molecule has 0 fully saturated rings. The highest BCUT2D eigenvalue weighted by molar-refractivity contribution is 5.76. The largest absolute Gasteiger partial charge is 0.481 e. The molecule has 2 aromatic carbocycles. The van der Waals surface area contributed by atoms with Gasteiger partial charge in [-0.25, -0.2) is 4.98 Å². The molecule has 1 aliphatic heterocycles. The molecule has 0 saturated heterocycles. The SMILES string of the molecule is Cc1c(CCN[C@H](c2ccccc2)[C@H]2CNc3cccnc3N2)cccc1[C@@H](C)C(=O)O. The van der Waals surface area contributed by atoms with Crippen molar-refractivity contribution in [3.63, 3.8) is 0 Å². The number of anilines is 2. The van der Waals surface area contributed by atoms with Crippen LogP contribution in [0.25, 0.3) is 0 Å². The van der Waals surface area contributed by atoms with E-state index in [4.69, 9.17) is 0 Å². The molecule has 1 aromatic heterocycles. The smallest absolute Gasteiger partial charge is 0.310 e. The van der Waals surface area contributed by atoms with Gasteiger partial charge in [-0.15, -0.1) is 0 Å². The minimum absolute atomic E-state index is 0.0975. The third-order valence-corrected chi connectivity index (χ3v) is 6.29. The molecule has 0 radical (unpaired) electrons. The Bertz CT molecular complexity index is 1070. The number of benzene rings is 2. The van der Waals surface area contributed by atoms with Crippen LogP contribution in [0.3, 0.4) is 0 Å². The molecule has 0 bridgehead atoms. The minimum atomic E-state index is -0.794. The number of carboxylic acid groups (broad SMARTS) is 1. The van der Waals surface area contributed by atoms with E-state index in [0.29, 0.717) is 0 Å². The Hall–Kier alpha value is -3.38. The highest BCUT2D eigenvalue weighted by atomic mass is 16.4. The molecule has 6 heteroatoms. The molecule has 4 rings (SSSR count). The van der Waals surface area contributed by atoms with Crippen molar-refractivity contribution in [2.24, 2.45) is 0 Å². The summed E-state index contributed by atoms with van der Waals surface area (Å²) >= 11 is 0. The summed E-state index contributed by atoms with van der Waals surface area (Å²) in [5, 5.41) is 20.2. The number of aliphatic carboxylic acids is 1. The van der Waals surface area contributed by atoms with Crippen molar-refractivity contribution < 1.29 is 9.90 Å². The van der Waals surface area contributed by atoms with E-state index in [-0.39, 0.29) is 12.1 Å². The first-order valence-electron chi connectivity index (χ1n) is 11.1. The summed E-state index contributed by atoms with van der Waals surface area (Å²) in [4.78, 5) is 15.9. The van der Waals surface area contributed by atoms with Crippen molar-refractivity contribution >= 4 is 17.5 Å². The average molecular weight is 431 g/mol. The predicted molar refractivity (Wildman–Crippen MR) is 128 cm³/mol. The van der Waals surface area contributed by atoms with E-state index in [1.165, 1.54) is 11.1 Å². The first-order chi connectivity index (χ1) is 15.5. The van der Waals surface area contributed by atoms with Crippen LogP contribution in [-0.2, 0) is 11.2 Å². The maximum atomic E-state index is 11.5. The van der Waals surface area contributed by atoms with Crippen molar-refractivity contribution in [1.29, 1.82) is 0 Å². The van der Waals surface area contributed by atoms with Crippen molar-refractivity contribution in [3.05, 3.63) is 89.1 Å². The fourth-order valence-corrected chi connectivity index (χ4v) is 4.40.